The molecule has 3 atom stereocenters. The molecule has 3 nitrogen and oxygen atoms in total. The van der Waals surface area contributed by atoms with Crippen LogP contribution in [0.1, 0.15) is 34.3 Å². The number of aryl methyl sites for hydroxylation is 1. The first-order chi connectivity index (χ1) is 16.1. The van der Waals surface area contributed by atoms with Gasteiger partial charge in [0.25, 0.3) is 5.91 Å². The van der Waals surface area contributed by atoms with Gasteiger partial charge in [-0.1, -0.05) is 59.6 Å². The fraction of sp³-hybridized carbons (Fsp3) is 0.345. The van der Waals surface area contributed by atoms with Gasteiger partial charge in [0.2, 0.25) is 0 Å². The molecule has 170 valence electrons. The third kappa shape index (κ3) is 4.85. The number of hydrogen-bond acceptors (Lipinski definition) is 2. The summed E-state index contributed by atoms with van der Waals surface area (Å²) < 4.78 is 0. The van der Waals surface area contributed by atoms with Crippen LogP contribution in [0.5, 0.6) is 0 Å². The number of halogens is 1. The van der Waals surface area contributed by atoms with Crippen LogP contribution in [0.4, 0.5) is 5.69 Å². The molecule has 1 saturated heterocycles. The molecule has 0 N–H and O–H groups in total. The van der Waals surface area contributed by atoms with Gasteiger partial charge in [-0.3, -0.25) is 4.79 Å². The Morgan fingerprint density at radius 1 is 0.909 bits per heavy atom. The lowest BCUT2D eigenvalue weighted by Gasteiger charge is -2.44. The molecule has 33 heavy (non-hydrogen) atoms. The zero-order valence-electron chi connectivity index (χ0n) is 19.2. The average Bonchev–Trinajstić information content (AvgIpc) is 3.08. The summed E-state index contributed by atoms with van der Waals surface area (Å²) in [6.07, 6.45) is 3.46. The van der Waals surface area contributed by atoms with E-state index in [1.165, 1.54) is 24.0 Å². The predicted molar refractivity (Wildman–Crippen MR) is 136 cm³/mol. The van der Waals surface area contributed by atoms with Crippen LogP contribution in [-0.2, 0) is 6.42 Å². The van der Waals surface area contributed by atoms with Crippen LogP contribution in [0.25, 0.3) is 0 Å². The molecule has 2 aliphatic rings. The molecule has 3 aromatic carbocycles. The zero-order chi connectivity index (χ0) is 22.8. The summed E-state index contributed by atoms with van der Waals surface area (Å²) in [5.41, 5.74) is 4.30. The molecule has 1 aliphatic heterocycles. The van der Waals surface area contributed by atoms with Gasteiger partial charge >= 0.3 is 0 Å². The van der Waals surface area contributed by atoms with Crippen molar-refractivity contribution in [2.45, 2.75) is 32.2 Å². The van der Waals surface area contributed by atoms with Crippen LogP contribution in [0, 0.1) is 18.8 Å². The van der Waals surface area contributed by atoms with E-state index in [9.17, 15) is 4.79 Å². The van der Waals surface area contributed by atoms with Gasteiger partial charge in [-0.05, 0) is 80.0 Å². The highest BCUT2D eigenvalue weighted by molar-refractivity contribution is 6.30. The van der Waals surface area contributed by atoms with Gasteiger partial charge in [-0.15, -0.1) is 0 Å². The summed E-state index contributed by atoms with van der Waals surface area (Å²) in [6.45, 7) is 5.29. The SMILES string of the molecule is Cc1ccc(N(C(=O)c2ccc(Cl)cc2)C2[C@@H]3CC[C@H]2CN(CCc2ccccc2)C3)cc1. The molecule has 2 fully saturated rings. The average molecular weight is 459 g/mol. The Labute approximate surface area is 202 Å². The summed E-state index contributed by atoms with van der Waals surface area (Å²) in [5, 5.41) is 0.653. The van der Waals surface area contributed by atoms with Gasteiger partial charge < -0.3 is 9.80 Å². The van der Waals surface area contributed by atoms with Crippen molar-refractivity contribution in [1.29, 1.82) is 0 Å². The Hall–Kier alpha value is -2.62. The number of carbonyl (C=O) groups excluding carboxylic acids is 1. The third-order valence-corrected chi connectivity index (χ3v) is 7.59. The second-order valence-electron chi connectivity index (χ2n) is 9.60. The largest absolute Gasteiger partial charge is 0.305 e. The number of benzene rings is 3. The fourth-order valence-electron chi connectivity index (χ4n) is 5.69. The summed E-state index contributed by atoms with van der Waals surface area (Å²) in [4.78, 5) is 18.5. The van der Waals surface area contributed by atoms with Gasteiger partial charge in [-0.2, -0.15) is 0 Å². The quantitative estimate of drug-likeness (QED) is 0.436. The number of likely N-dealkylation sites (tertiary alicyclic amines) is 1. The number of piperidine rings is 1. The fourth-order valence-corrected chi connectivity index (χ4v) is 5.81. The van der Waals surface area contributed by atoms with E-state index in [0.29, 0.717) is 22.4 Å². The molecular formula is C29H31ClN2O. The Kier molecular flexibility index (Phi) is 6.52. The Morgan fingerprint density at radius 2 is 1.55 bits per heavy atom. The van der Waals surface area contributed by atoms with E-state index in [1.807, 2.05) is 24.3 Å². The summed E-state index contributed by atoms with van der Waals surface area (Å²) in [5.74, 6) is 1.07. The van der Waals surface area contributed by atoms with Crippen LogP contribution in [-0.4, -0.2) is 36.5 Å². The van der Waals surface area contributed by atoms with Gasteiger partial charge in [0.15, 0.2) is 0 Å². The van der Waals surface area contributed by atoms with Gasteiger partial charge in [0.1, 0.15) is 0 Å². The van der Waals surface area contributed by atoms with Crippen LogP contribution in [0.3, 0.4) is 0 Å². The number of amides is 1. The molecular weight excluding hydrogens is 428 g/mol. The molecule has 0 radical (unpaired) electrons. The second-order valence-corrected chi connectivity index (χ2v) is 10.0. The van der Waals surface area contributed by atoms with Crippen molar-refractivity contribution in [2.75, 3.05) is 24.5 Å². The first kappa shape index (κ1) is 22.2. The van der Waals surface area contributed by atoms with Crippen molar-refractivity contribution in [3.8, 4) is 0 Å². The molecule has 1 amide bonds. The molecule has 1 aliphatic carbocycles. The predicted octanol–water partition coefficient (Wildman–Crippen LogP) is 6.25. The minimum absolute atomic E-state index is 0.0788. The number of fused-ring (bicyclic) bond motifs is 2. The maximum Gasteiger partial charge on any atom is 0.258 e. The van der Waals surface area contributed by atoms with Crippen LogP contribution in [0.2, 0.25) is 5.02 Å². The van der Waals surface area contributed by atoms with E-state index < -0.39 is 0 Å². The normalized spacial score (nSPS) is 22.3. The smallest absolute Gasteiger partial charge is 0.258 e. The molecule has 1 saturated carbocycles. The number of rotatable bonds is 6. The van der Waals surface area contributed by atoms with Crippen molar-refractivity contribution in [1.82, 2.24) is 4.90 Å². The van der Waals surface area contributed by atoms with Crippen LogP contribution >= 0.6 is 11.6 Å². The Morgan fingerprint density at radius 3 is 2.18 bits per heavy atom. The second kappa shape index (κ2) is 9.70. The molecule has 2 bridgehead atoms. The maximum absolute atomic E-state index is 13.8. The Bertz CT molecular complexity index is 1070. The minimum atomic E-state index is 0.0788. The molecule has 1 heterocycles. The van der Waals surface area contributed by atoms with Crippen molar-refractivity contribution in [2.24, 2.45) is 11.8 Å². The molecule has 0 spiro atoms. The number of anilines is 1. The summed E-state index contributed by atoms with van der Waals surface area (Å²) in [7, 11) is 0. The summed E-state index contributed by atoms with van der Waals surface area (Å²) >= 11 is 6.09. The maximum atomic E-state index is 13.8. The highest BCUT2D eigenvalue weighted by Gasteiger charge is 2.46. The van der Waals surface area contributed by atoms with E-state index in [2.05, 4.69) is 71.3 Å². The highest BCUT2D eigenvalue weighted by Crippen LogP contribution is 2.42. The summed E-state index contributed by atoms with van der Waals surface area (Å²) in [6, 6.07) is 26.7. The Balaban J connectivity index is 1.38. The van der Waals surface area contributed by atoms with Crippen molar-refractivity contribution in [3.05, 3.63) is 101 Å². The van der Waals surface area contributed by atoms with E-state index in [0.717, 1.165) is 31.7 Å². The molecule has 4 heteroatoms. The van der Waals surface area contributed by atoms with Crippen LogP contribution in [0.15, 0.2) is 78.9 Å². The van der Waals surface area contributed by atoms with Crippen molar-refractivity contribution >= 4 is 23.2 Å². The lowest BCUT2D eigenvalue weighted by Crippen LogP contribution is -2.55. The number of hydrogen-bond donors (Lipinski definition) is 0. The third-order valence-electron chi connectivity index (χ3n) is 7.34. The molecule has 0 aromatic heterocycles. The lowest BCUT2D eigenvalue weighted by molar-refractivity contribution is 0.0913. The zero-order valence-corrected chi connectivity index (χ0v) is 19.9. The van der Waals surface area contributed by atoms with E-state index >= 15 is 0 Å². The number of carbonyl (C=O) groups is 1. The topological polar surface area (TPSA) is 23.6 Å². The van der Waals surface area contributed by atoms with Crippen molar-refractivity contribution < 1.29 is 4.79 Å². The molecule has 3 aromatic rings. The first-order valence-corrected chi connectivity index (χ1v) is 12.4. The monoisotopic (exact) mass is 458 g/mol. The first-order valence-electron chi connectivity index (χ1n) is 12.0. The molecule has 1 unspecified atom stereocenters. The van der Waals surface area contributed by atoms with Gasteiger partial charge in [0, 0.05) is 41.9 Å². The standard InChI is InChI=1S/C29H31ClN2O/c1-21-7-15-27(16-8-21)32(29(33)23-11-13-26(30)14-12-23)28-24-9-10-25(28)20-31(19-24)18-17-22-5-3-2-4-6-22/h2-8,11-16,24-25,28H,9-10,17-20H2,1H3/t24-,25+,28?. The lowest BCUT2D eigenvalue weighted by atomic mass is 9.89. The van der Waals surface area contributed by atoms with Gasteiger partial charge in [-0.25, -0.2) is 0 Å². The van der Waals surface area contributed by atoms with E-state index in [1.54, 1.807) is 0 Å². The van der Waals surface area contributed by atoms with E-state index in [-0.39, 0.29) is 11.9 Å². The van der Waals surface area contributed by atoms with Gasteiger partial charge in [0.05, 0.1) is 0 Å². The van der Waals surface area contributed by atoms with Crippen LogP contribution < -0.4 is 4.90 Å². The number of nitrogens with zero attached hydrogens (tertiary/aromatic N) is 2. The molecule has 5 rings (SSSR count). The highest BCUT2D eigenvalue weighted by atomic mass is 35.5. The minimum Gasteiger partial charge on any atom is -0.305 e. The van der Waals surface area contributed by atoms with E-state index in [4.69, 9.17) is 11.6 Å². The van der Waals surface area contributed by atoms with Crippen molar-refractivity contribution in [3.63, 3.8) is 0 Å².